The summed E-state index contributed by atoms with van der Waals surface area (Å²) >= 11 is 0. The second-order valence-electron chi connectivity index (χ2n) is 8.28. The molecule has 0 unspecified atom stereocenters. The van der Waals surface area contributed by atoms with Gasteiger partial charge in [-0.15, -0.1) is 0 Å². The van der Waals surface area contributed by atoms with Crippen molar-refractivity contribution in [3.05, 3.63) is 35.4 Å². The lowest BCUT2D eigenvalue weighted by atomic mass is 9.70. The first-order valence-corrected chi connectivity index (χ1v) is 8.88. The molecule has 1 aromatic rings. The average molecular weight is 285 g/mol. The van der Waals surface area contributed by atoms with Crippen molar-refractivity contribution in [1.82, 2.24) is 0 Å². The van der Waals surface area contributed by atoms with Crippen LogP contribution in [-0.2, 0) is 5.54 Å². The summed E-state index contributed by atoms with van der Waals surface area (Å²) in [6, 6.07) is 9.28. The molecule has 2 saturated carbocycles. The lowest BCUT2D eigenvalue weighted by Crippen LogP contribution is -2.38. The first kappa shape index (κ1) is 15.1. The van der Waals surface area contributed by atoms with E-state index in [0.29, 0.717) is 5.41 Å². The Hall–Kier alpha value is -0.820. The van der Waals surface area contributed by atoms with Crippen LogP contribution in [-0.4, -0.2) is 0 Å². The summed E-state index contributed by atoms with van der Waals surface area (Å²) in [4.78, 5) is 0. The van der Waals surface area contributed by atoms with Gasteiger partial charge in [-0.1, -0.05) is 57.4 Å². The van der Waals surface area contributed by atoms with Crippen LogP contribution in [0.25, 0.3) is 0 Å². The minimum Gasteiger partial charge on any atom is -0.321 e. The fraction of sp³-hybridized carbons (Fsp3) is 0.700. The van der Waals surface area contributed by atoms with E-state index in [-0.39, 0.29) is 5.54 Å². The molecule has 2 N–H and O–H groups in total. The fourth-order valence-electron chi connectivity index (χ4n) is 4.31. The van der Waals surface area contributed by atoms with Crippen molar-refractivity contribution in [2.45, 2.75) is 83.1 Å². The van der Waals surface area contributed by atoms with Gasteiger partial charge in [-0.2, -0.15) is 0 Å². The largest absolute Gasteiger partial charge is 0.321 e. The average Bonchev–Trinajstić information content (AvgIpc) is 2.48. The maximum absolute atomic E-state index is 6.72. The number of benzene rings is 1. The van der Waals surface area contributed by atoms with E-state index in [9.17, 15) is 0 Å². The van der Waals surface area contributed by atoms with Crippen molar-refractivity contribution in [3.8, 4) is 0 Å². The van der Waals surface area contributed by atoms with Crippen molar-refractivity contribution in [1.29, 1.82) is 0 Å². The van der Waals surface area contributed by atoms with E-state index in [0.717, 1.165) is 18.8 Å². The second-order valence-corrected chi connectivity index (χ2v) is 8.28. The van der Waals surface area contributed by atoms with Gasteiger partial charge < -0.3 is 5.73 Å². The molecule has 1 heteroatoms. The van der Waals surface area contributed by atoms with Gasteiger partial charge in [-0.25, -0.2) is 0 Å². The molecule has 21 heavy (non-hydrogen) atoms. The molecule has 0 bridgehead atoms. The van der Waals surface area contributed by atoms with Gasteiger partial charge in [-0.05, 0) is 61.0 Å². The van der Waals surface area contributed by atoms with E-state index in [4.69, 9.17) is 5.73 Å². The van der Waals surface area contributed by atoms with Crippen LogP contribution >= 0.6 is 0 Å². The predicted molar refractivity (Wildman–Crippen MR) is 90.4 cm³/mol. The van der Waals surface area contributed by atoms with Crippen LogP contribution in [0.15, 0.2) is 24.3 Å². The van der Waals surface area contributed by atoms with Crippen molar-refractivity contribution < 1.29 is 0 Å². The molecular formula is C20H31N. The Labute approximate surface area is 130 Å². The third-order valence-electron chi connectivity index (χ3n) is 6.02. The Morgan fingerprint density at radius 1 is 0.952 bits per heavy atom. The van der Waals surface area contributed by atoms with Crippen LogP contribution in [0.3, 0.4) is 0 Å². The number of hydrogen-bond donors (Lipinski definition) is 1. The summed E-state index contributed by atoms with van der Waals surface area (Å²) in [5.74, 6) is 0.755. The van der Waals surface area contributed by atoms with E-state index in [1.54, 1.807) is 5.56 Å². The standard InChI is InChI=1S/C20H31N/c1-19(2)13-9-16(10-14-19)17-7-6-8-18(15-17)20(21)11-4-3-5-12-20/h6-8,15-16H,3-5,9-14,21H2,1-2H3. The van der Waals surface area contributed by atoms with Gasteiger partial charge in [0.2, 0.25) is 0 Å². The molecule has 0 aliphatic heterocycles. The zero-order valence-corrected chi connectivity index (χ0v) is 13.8. The quantitative estimate of drug-likeness (QED) is 0.764. The third-order valence-corrected chi connectivity index (χ3v) is 6.02. The van der Waals surface area contributed by atoms with Crippen molar-refractivity contribution >= 4 is 0 Å². The van der Waals surface area contributed by atoms with Gasteiger partial charge in [-0.3, -0.25) is 0 Å². The first-order valence-electron chi connectivity index (χ1n) is 8.88. The molecule has 1 nitrogen and oxygen atoms in total. The van der Waals surface area contributed by atoms with Gasteiger partial charge in [0.1, 0.15) is 0 Å². The molecule has 2 fully saturated rings. The zero-order chi connectivity index (χ0) is 14.9. The summed E-state index contributed by atoms with van der Waals surface area (Å²) in [6.07, 6.45) is 11.7. The summed E-state index contributed by atoms with van der Waals surface area (Å²) in [5, 5.41) is 0. The summed E-state index contributed by atoms with van der Waals surface area (Å²) in [6.45, 7) is 4.83. The number of hydrogen-bond acceptors (Lipinski definition) is 1. The highest BCUT2D eigenvalue weighted by Gasteiger charge is 2.31. The van der Waals surface area contributed by atoms with E-state index in [1.165, 1.54) is 50.5 Å². The molecule has 0 spiro atoms. The SMILES string of the molecule is CC1(C)CCC(c2cccc(C3(N)CCCCC3)c2)CC1. The lowest BCUT2D eigenvalue weighted by Gasteiger charge is -2.36. The minimum atomic E-state index is -0.0534. The molecule has 0 saturated heterocycles. The Balaban J connectivity index is 1.77. The van der Waals surface area contributed by atoms with Crippen molar-refractivity contribution in [2.24, 2.45) is 11.1 Å². The lowest BCUT2D eigenvalue weighted by molar-refractivity contribution is 0.224. The molecule has 116 valence electrons. The third kappa shape index (κ3) is 3.34. The molecular weight excluding hydrogens is 254 g/mol. The van der Waals surface area contributed by atoms with Crippen LogP contribution in [0.5, 0.6) is 0 Å². The van der Waals surface area contributed by atoms with Crippen molar-refractivity contribution in [3.63, 3.8) is 0 Å². The highest BCUT2D eigenvalue weighted by atomic mass is 14.7. The summed E-state index contributed by atoms with van der Waals surface area (Å²) in [5.41, 5.74) is 10.1. The van der Waals surface area contributed by atoms with Gasteiger partial charge in [0.15, 0.2) is 0 Å². The molecule has 0 atom stereocenters. The Kier molecular flexibility index (Phi) is 4.14. The predicted octanol–water partition coefficient (Wildman–Crippen LogP) is 5.49. The maximum atomic E-state index is 6.72. The van der Waals surface area contributed by atoms with Crippen LogP contribution in [0.4, 0.5) is 0 Å². The van der Waals surface area contributed by atoms with Gasteiger partial charge in [0.25, 0.3) is 0 Å². The van der Waals surface area contributed by atoms with Crippen LogP contribution in [0.1, 0.15) is 88.7 Å². The molecule has 0 heterocycles. The molecule has 2 aliphatic rings. The molecule has 2 aliphatic carbocycles. The first-order chi connectivity index (χ1) is 9.99. The molecule has 3 rings (SSSR count). The van der Waals surface area contributed by atoms with Gasteiger partial charge in [0.05, 0.1) is 0 Å². The van der Waals surface area contributed by atoms with Crippen molar-refractivity contribution in [2.75, 3.05) is 0 Å². The minimum absolute atomic E-state index is 0.0534. The summed E-state index contributed by atoms with van der Waals surface area (Å²) < 4.78 is 0. The normalized spacial score (nSPS) is 25.7. The van der Waals surface area contributed by atoms with E-state index >= 15 is 0 Å². The topological polar surface area (TPSA) is 26.0 Å². The van der Waals surface area contributed by atoms with Crippen LogP contribution in [0.2, 0.25) is 0 Å². The molecule has 1 aromatic carbocycles. The monoisotopic (exact) mass is 285 g/mol. The Morgan fingerprint density at radius 3 is 2.29 bits per heavy atom. The Morgan fingerprint density at radius 2 is 1.62 bits per heavy atom. The van der Waals surface area contributed by atoms with E-state index in [1.807, 2.05) is 0 Å². The molecule has 0 radical (unpaired) electrons. The van der Waals surface area contributed by atoms with Crippen LogP contribution < -0.4 is 5.73 Å². The highest BCUT2D eigenvalue weighted by Crippen LogP contribution is 2.43. The zero-order valence-electron chi connectivity index (χ0n) is 13.8. The number of rotatable bonds is 2. The van der Waals surface area contributed by atoms with Gasteiger partial charge >= 0.3 is 0 Å². The molecule has 0 amide bonds. The van der Waals surface area contributed by atoms with E-state index < -0.39 is 0 Å². The van der Waals surface area contributed by atoms with Gasteiger partial charge in [0, 0.05) is 5.54 Å². The Bertz CT molecular complexity index is 472. The molecule has 0 aromatic heterocycles. The summed E-state index contributed by atoms with van der Waals surface area (Å²) in [7, 11) is 0. The van der Waals surface area contributed by atoms with E-state index in [2.05, 4.69) is 38.1 Å². The second kappa shape index (κ2) is 5.76. The fourth-order valence-corrected chi connectivity index (χ4v) is 4.31. The highest BCUT2D eigenvalue weighted by molar-refractivity contribution is 5.32. The smallest absolute Gasteiger partial charge is 0.0409 e. The maximum Gasteiger partial charge on any atom is 0.0409 e. The van der Waals surface area contributed by atoms with Crippen LogP contribution in [0, 0.1) is 5.41 Å². The number of nitrogens with two attached hydrogens (primary N) is 1.